The maximum Gasteiger partial charge on any atom is 0.244 e. The van der Waals surface area contributed by atoms with Crippen molar-refractivity contribution >= 4 is 32.3 Å². The predicted molar refractivity (Wildman–Crippen MR) is 112 cm³/mol. The van der Waals surface area contributed by atoms with Crippen LogP contribution in [-0.4, -0.2) is 23.9 Å². The first-order valence-corrected chi connectivity index (χ1v) is 10.7. The Bertz CT molecular complexity index is 1250. The highest BCUT2D eigenvalue weighted by Crippen LogP contribution is 2.28. The molecule has 0 atom stereocenters. The summed E-state index contributed by atoms with van der Waals surface area (Å²) >= 11 is 0. The molecule has 0 saturated heterocycles. The number of nitrogens with one attached hydrogen (secondary N) is 1. The van der Waals surface area contributed by atoms with Crippen molar-refractivity contribution in [3.63, 3.8) is 0 Å². The lowest BCUT2D eigenvalue weighted by molar-refractivity contribution is -0.116. The van der Waals surface area contributed by atoms with E-state index >= 15 is 0 Å². The molecule has 0 aliphatic heterocycles. The van der Waals surface area contributed by atoms with Crippen molar-refractivity contribution < 1.29 is 13.2 Å². The number of pyridine rings is 1. The lowest BCUT2D eigenvalue weighted by Crippen LogP contribution is -2.18. The van der Waals surface area contributed by atoms with Crippen molar-refractivity contribution in [3.8, 4) is 0 Å². The first-order valence-electron chi connectivity index (χ1n) is 9.07. The Kier molecular flexibility index (Phi) is 5.14. The van der Waals surface area contributed by atoms with Gasteiger partial charge in [-0.2, -0.15) is 0 Å². The van der Waals surface area contributed by atoms with E-state index < -0.39 is 9.84 Å². The molecule has 6 nitrogen and oxygen atoms in total. The van der Waals surface area contributed by atoms with E-state index in [1.54, 1.807) is 59.6 Å². The van der Waals surface area contributed by atoms with Gasteiger partial charge < -0.3 is 9.88 Å². The summed E-state index contributed by atoms with van der Waals surface area (Å²) in [7, 11) is -3.57. The van der Waals surface area contributed by atoms with E-state index in [2.05, 4.69) is 10.3 Å². The SMILES string of the molecule is O=C(Cn1cc(S(=O)(=O)Cc2ccccc2)c2ccccc21)Nc1ccncc1. The zero-order valence-electron chi connectivity index (χ0n) is 15.5. The Morgan fingerprint density at radius 1 is 0.931 bits per heavy atom. The lowest BCUT2D eigenvalue weighted by Gasteiger charge is -2.07. The fourth-order valence-corrected chi connectivity index (χ4v) is 4.84. The van der Waals surface area contributed by atoms with E-state index in [0.29, 0.717) is 16.6 Å². The van der Waals surface area contributed by atoms with Crippen LogP contribution in [-0.2, 0) is 26.9 Å². The van der Waals surface area contributed by atoms with Crippen molar-refractivity contribution in [3.05, 3.63) is 90.9 Å². The van der Waals surface area contributed by atoms with Crippen molar-refractivity contribution in [2.75, 3.05) is 5.32 Å². The van der Waals surface area contributed by atoms with Crippen LogP contribution >= 0.6 is 0 Å². The van der Waals surface area contributed by atoms with Crippen molar-refractivity contribution in [2.24, 2.45) is 0 Å². The van der Waals surface area contributed by atoms with Gasteiger partial charge in [0.25, 0.3) is 0 Å². The van der Waals surface area contributed by atoms with Gasteiger partial charge in [-0.05, 0) is 23.8 Å². The fraction of sp³-hybridized carbons (Fsp3) is 0.0909. The number of hydrogen-bond donors (Lipinski definition) is 1. The van der Waals surface area contributed by atoms with Crippen molar-refractivity contribution in [1.82, 2.24) is 9.55 Å². The quantitative estimate of drug-likeness (QED) is 0.531. The van der Waals surface area contributed by atoms with Gasteiger partial charge >= 0.3 is 0 Å². The fourth-order valence-electron chi connectivity index (χ4n) is 3.25. The van der Waals surface area contributed by atoms with Gasteiger partial charge in [-0.1, -0.05) is 48.5 Å². The molecule has 0 aliphatic rings. The first kappa shape index (κ1) is 18.9. The van der Waals surface area contributed by atoms with Gasteiger partial charge in [0.15, 0.2) is 9.84 Å². The Balaban J connectivity index is 1.65. The van der Waals surface area contributed by atoms with Crippen LogP contribution in [0.5, 0.6) is 0 Å². The van der Waals surface area contributed by atoms with Gasteiger partial charge in [0.05, 0.1) is 10.6 Å². The highest BCUT2D eigenvalue weighted by Gasteiger charge is 2.22. The second kappa shape index (κ2) is 7.89. The summed E-state index contributed by atoms with van der Waals surface area (Å²) in [6.45, 7) is 0.00366. The number of carbonyl (C=O) groups excluding carboxylic acids is 1. The molecule has 7 heteroatoms. The van der Waals surface area contributed by atoms with Crippen LogP contribution < -0.4 is 5.32 Å². The van der Waals surface area contributed by atoms with Crippen LogP contribution in [0.2, 0.25) is 0 Å². The molecule has 0 aliphatic carbocycles. The van der Waals surface area contributed by atoms with Crippen molar-refractivity contribution in [1.29, 1.82) is 0 Å². The minimum atomic E-state index is -3.57. The highest BCUT2D eigenvalue weighted by atomic mass is 32.2. The number of hydrogen-bond acceptors (Lipinski definition) is 4. The van der Waals surface area contributed by atoms with Crippen LogP contribution in [0.3, 0.4) is 0 Å². The standard InChI is InChI=1S/C22H19N3O3S/c26-22(24-18-10-12-23-13-11-18)15-25-14-21(19-8-4-5-9-20(19)25)29(27,28)16-17-6-2-1-3-7-17/h1-14H,15-16H2,(H,23,24,26). The van der Waals surface area contributed by atoms with Crippen LogP contribution in [0.4, 0.5) is 5.69 Å². The maximum atomic E-state index is 13.1. The van der Waals surface area contributed by atoms with E-state index in [0.717, 1.165) is 5.56 Å². The smallest absolute Gasteiger partial charge is 0.244 e. The molecule has 2 aromatic carbocycles. The van der Waals surface area contributed by atoms with E-state index in [1.807, 2.05) is 30.3 Å². The van der Waals surface area contributed by atoms with Crippen LogP contribution in [0, 0.1) is 0 Å². The number of sulfone groups is 1. The molecule has 29 heavy (non-hydrogen) atoms. The number of fused-ring (bicyclic) bond motifs is 1. The molecule has 0 unspecified atom stereocenters. The lowest BCUT2D eigenvalue weighted by atomic mass is 10.2. The zero-order valence-corrected chi connectivity index (χ0v) is 16.3. The van der Waals surface area contributed by atoms with Gasteiger partial charge in [-0.3, -0.25) is 9.78 Å². The number of benzene rings is 2. The van der Waals surface area contributed by atoms with Crippen LogP contribution in [0.25, 0.3) is 10.9 Å². The summed E-state index contributed by atoms with van der Waals surface area (Å²) in [6.07, 6.45) is 4.74. The Hall–Kier alpha value is -3.45. The van der Waals surface area contributed by atoms with Gasteiger partial charge in [0.1, 0.15) is 6.54 Å². The maximum absolute atomic E-state index is 13.1. The highest BCUT2D eigenvalue weighted by molar-refractivity contribution is 7.90. The predicted octanol–water partition coefficient (Wildman–Crippen LogP) is 3.65. The summed E-state index contributed by atoms with van der Waals surface area (Å²) in [5.41, 5.74) is 2.06. The van der Waals surface area contributed by atoms with Crippen LogP contribution in [0.1, 0.15) is 5.56 Å². The van der Waals surface area contributed by atoms with Crippen LogP contribution in [0.15, 0.2) is 90.2 Å². The van der Waals surface area contributed by atoms with E-state index in [1.165, 1.54) is 0 Å². The Morgan fingerprint density at radius 3 is 2.38 bits per heavy atom. The molecule has 2 aromatic heterocycles. The molecule has 0 spiro atoms. The molecule has 1 N–H and O–H groups in total. The van der Waals surface area contributed by atoms with Gasteiger partial charge in [-0.25, -0.2) is 8.42 Å². The van der Waals surface area contributed by atoms with E-state index in [4.69, 9.17) is 0 Å². The van der Waals surface area contributed by atoms with Gasteiger partial charge in [0.2, 0.25) is 5.91 Å². The second-order valence-corrected chi connectivity index (χ2v) is 8.63. The minimum Gasteiger partial charge on any atom is -0.337 e. The molecular weight excluding hydrogens is 386 g/mol. The molecule has 0 radical (unpaired) electrons. The summed E-state index contributed by atoms with van der Waals surface area (Å²) < 4.78 is 27.8. The van der Waals surface area contributed by atoms with E-state index in [9.17, 15) is 13.2 Å². The van der Waals surface area contributed by atoms with Crippen molar-refractivity contribution in [2.45, 2.75) is 17.2 Å². The third kappa shape index (κ3) is 4.20. The summed E-state index contributed by atoms with van der Waals surface area (Å²) in [5.74, 6) is -0.339. The molecule has 0 bridgehead atoms. The Morgan fingerprint density at radius 2 is 1.62 bits per heavy atom. The number of carbonyl (C=O) groups is 1. The minimum absolute atomic E-state index is 0.00366. The molecular formula is C22H19N3O3S. The first-order chi connectivity index (χ1) is 14.0. The number of rotatable bonds is 6. The van der Waals surface area contributed by atoms with E-state index in [-0.39, 0.29) is 23.1 Å². The third-order valence-electron chi connectivity index (χ3n) is 4.56. The summed E-state index contributed by atoms with van der Waals surface area (Å²) in [5, 5.41) is 3.40. The summed E-state index contributed by atoms with van der Waals surface area (Å²) in [6, 6.07) is 19.7. The number of para-hydroxylation sites is 1. The summed E-state index contributed by atoms with van der Waals surface area (Å²) in [4.78, 5) is 16.6. The van der Waals surface area contributed by atoms with Gasteiger partial charge in [0, 0.05) is 35.2 Å². The van der Waals surface area contributed by atoms with Gasteiger partial charge in [-0.15, -0.1) is 0 Å². The molecule has 146 valence electrons. The monoisotopic (exact) mass is 405 g/mol. The third-order valence-corrected chi connectivity index (χ3v) is 6.27. The molecule has 2 heterocycles. The normalized spacial score (nSPS) is 11.4. The zero-order chi connectivity index (χ0) is 20.3. The Labute approximate surface area is 168 Å². The topological polar surface area (TPSA) is 81.1 Å². The molecule has 4 rings (SSSR count). The number of amides is 1. The molecule has 1 amide bonds. The number of aromatic nitrogens is 2. The largest absolute Gasteiger partial charge is 0.337 e. The average Bonchev–Trinajstić information content (AvgIpc) is 3.09. The number of anilines is 1. The number of nitrogens with zero attached hydrogens (tertiary/aromatic N) is 2. The average molecular weight is 405 g/mol. The second-order valence-electron chi connectivity index (χ2n) is 6.67. The molecule has 4 aromatic rings. The molecule has 0 fully saturated rings. The molecule has 0 saturated carbocycles.